The first-order valence-corrected chi connectivity index (χ1v) is 3.57. The fraction of sp³-hybridized carbons (Fsp3) is 0.750. The summed E-state index contributed by atoms with van der Waals surface area (Å²) in [4.78, 5) is 2.38. The van der Waals surface area contributed by atoms with E-state index in [1.165, 1.54) is 13.0 Å². The van der Waals surface area contributed by atoms with Gasteiger partial charge < -0.3 is 4.90 Å². The van der Waals surface area contributed by atoms with Crippen molar-refractivity contribution in [2.45, 2.75) is 19.4 Å². The molecule has 0 aliphatic carbocycles. The van der Waals surface area contributed by atoms with Crippen LogP contribution in [0.1, 0.15) is 13.3 Å². The highest BCUT2D eigenvalue weighted by atomic mass is 15.1. The van der Waals surface area contributed by atoms with E-state index in [0.717, 1.165) is 12.0 Å². The van der Waals surface area contributed by atoms with Crippen LogP contribution in [0.5, 0.6) is 0 Å². The summed E-state index contributed by atoms with van der Waals surface area (Å²) in [6, 6.07) is 0.757. The molecule has 0 radical (unpaired) electrons. The van der Waals surface area contributed by atoms with Gasteiger partial charge in [0, 0.05) is 12.6 Å². The zero-order chi connectivity index (χ0) is 6.85. The first kappa shape index (κ1) is 6.81. The molecule has 1 heterocycles. The standard InChI is InChI=1S/C8H15N/c1-4-8-5-7(2)9(3)6-8/h4,7-8H,1,5-6H2,2-3H3. The van der Waals surface area contributed by atoms with Gasteiger partial charge >= 0.3 is 0 Å². The van der Waals surface area contributed by atoms with E-state index in [1.54, 1.807) is 0 Å². The van der Waals surface area contributed by atoms with Crippen LogP contribution in [0.15, 0.2) is 12.7 Å². The summed E-state index contributed by atoms with van der Waals surface area (Å²) in [6.45, 7) is 7.25. The Bertz CT molecular complexity index is 99.1. The van der Waals surface area contributed by atoms with Gasteiger partial charge in [-0.25, -0.2) is 0 Å². The Morgan fingerprint density at radius 3 is 2.56 bits per heavy atom. The van der Waals surface area contributed by atoms with Crippen molar-refractivity contribution in [1.82, 2.24) is 4.90 Å². The van der Waals surface area contributed by atoms with E-state index in [0.29, 0.717) is 0 Å². The van der Waals surface area contributed by atoms with Gasteiger partial charge in [-0.2, -0.15) is 0 Å². The second kappa shape index (κ2) is 2.53. The normalized spacial score (nSPS) is 37.1. The molecule has 1 heteroatoms. The summed E-state index contributed by atoms with van der Waals surface area (Å²) in [6.07, 6.45) is 3.36. The van der Waals surface area contributed by atoms with Crippen LogP contribution in [0, 0.1) is 5.92 Å². The van der Waals surface area contributed by atoms with Crippen molar-refractivity contribution in [3.05, 3.63) is 12.7 Å². The van der Waals surface area contributed by atoms with Crippen molar-refractivity contribution < 1.29 is 0 Å². The molecule has 2 atom stereocenters. The molecule has 0 aromatic carbocycles. The van der Waals surface area contributed by atoms with Gasteiger partial charge in [-0.15, -0.1) is 6.58 Å². The number of rotatable bonds is 1. The second-order valence-electron chi connectivity index (χ2n) is 3.02. The van der Waals surface area contributed by atoms with Crippen LogP contribution in [-0.2, 0) is 0 Å². The molecule has 0 spiro atoms. The number of hydrogen-bond donors (Lipinski definition) is 0. The lowest BCUT2D eigenvalue weighted by Crippen LogP contribution is -2.21. The van der Waals surface area contributed by atoms with E-state index in [4.69, 9.17) is 0 Å². The van der Waals surface area contributed by atoms with Gasteiger partial charge in [0.1, 0.15) is 0 Å². The predicted octanol–water partition coefficient (Wildman–Crippen LogP) is 1.51. The minimum absolute atomic E-state index is 0.741. The fourth-order valence-electron chi connectivity index (χ4n) is 1.41. The van der Waals surface area contributed by atoms with Crippen molar-refractivity contribution in [3.8, 4) is 0 Å². The Kier molecular flexibility index (Phi) is 1.91. The van der Waals surface area contributed by atoms with E-state index in [-0.39, 0.29) is 0 Å². The molecule has 1 fully saturated rings. The lowest BCUT2D eigenvalue weighted by Gasteiger charge is -2.12. The third kappa shape index (κ3) is 1.33. The van der Waals surface area contributed by atoms with Gasteiger partial charge in [0.25, 0.3) is 0 Å². The lowest BCUT2D eigenvalue weighted by atomic mass is 10.1. The molecule has 1 nitrogen and oxygen atoms in total. The molecule has 9 heavy (non-hydrogen) atoms. The molecular formula is C8H15N. The zero-order valence-electron chi connectivity index (χ0n) is 6.30. The smallest absolute Gasteiger partial charge is 0.00702 e. The molecule has 1 saturated heterocycles. The third-order valence-electron chi connectivity index (χ3n) is 2.25. The average Bonchev–Trinajstić information content (AvgIpc) is 2.13. The van der Waals surface area contributed by atoms with Gasteiger partial charge in [0.15, 0.2) is 0 Å². The summed E-state index contributed by atoms with van der Waals surface area (Å²) in [7, 11) is 2.17. The molecule has 0 saturated carbocycles. The Balaban J connectivity index is 2.43. The largest absolute Gasteiger partial charge is 0.303 e. The zero-order valence-corrected chi connectivity index (χ0v) is 6.30. The highest BCUT2D eigenvalue weighted by molar-refractivity contribution is 4.90. The Labute approximate surface area is 57.4 Å². The number of hydrogen-bond acceptors (Lipinski definition) is 1. The highest BCUT2D eigenvalue weighted by Gasteiger charge is 2.22. The molecule has 0 aromatic rings. The van der Waals surface area contributed by atoms with Crippen LogP contribution in [0.2, 0.25) is 0 Å². The molecule has 52 valence electrons. The molecule has 2 unspecified atom stereocenters. The van der Waals surface area contributed by atoms with Crippen LogP contribution >= 0.6 is 0 Å². The van der Waals surface area contributed by atoms with E-state index >= 15 is 0 Å². The van der Waals surface area contributed by atoms with Gasteiger partial charge in [0.05, 0.1) is 0 Å². The molecule has 0 N–H and O–H groups in total. The van der Waals surface area contributed by atoms with E-state index in [9.17, 15) is 0 Å². The maximum absolute atomic E-state index is 3.78. The van der Waals surface area contributed by atoms with Crippen molar-refractivity contribution in [1.29, 1.82) is 0 Å². The molecule has 1 rings (SSSR count). The maximum atomic E-state index is 3.78. The number of nitrogens with zero attached hydrogens (tertiary/aromatic N) is 1. The average molecular weight is 125 g/mol. The molecule has 0 amide bonds. The van der Waals surface area contributed by atoms with Crippen LogP contribution in [0.3, 0.4) is 0 Å². The number of likely N-dealkylation sites (tertiary alicyclic amines) is 1. The van der Waals surface area contributed by atoms with Gasteiger partial charge in [-0.1, -0.05) is 6.08 Å². The topological polar surface area (TPSA) is 3.24 Å². The Hall–Kier alpha value is -0.300. The van der Waals surface area contributed by atoms with Crippen LogP contribution in [0.25, 0.3) is 0 Å². The van der Waals surface area contributed by atoms with Gasteiger partial charge in [-0.05, 0) is 26.3 Å². The van der Waals surface area contributed by atoms with Gasteiger partial charge in [-0.3, -0.25) is 0 Å². The van der Waals surface area contributed by atoms with Crippen molar-refractivity contribution in [2.75, 3.05) is 13.6 Å². The second-order valence-corrected chi connectivity index (χ2v) is 3.02. The monoisotopic (exact) mass is 125 g/mol. The minimum Gasteiger partial charge on any atom is -0.303 e. The van der Waals surface area contributed by atoms with Crippen LogP contribution in [-0.4, -0.2) is 24.5 Å². The van der Waals surface area contributed by atoms with Crippen molar-refractivity contribution in [2.24, 2.45) is 5.92 Å². The maximum Gasteiger partial charge on any atom is 0.00702 e. The highest BCUT2D eigenvalue weighted by Crippen LogP contribution is 2.20. The summed E-state index contributed by atoms with van der Waals surface area (Å²) < 4.78 is 0. The first-order chi connectivity index (χ1) is 4.24. The first-order valence-electron chi connectivity index (χ1n) is 3.57. The molecule has 0 bridgehead atoms. The van der Waals surface area contributed by atoms with E-state index in [1.807, 2.05) is 0 Å². The molecule has 1 aliphatic heterocycles. The Morgan fingerprint density at radius 1 is 1.67 bits per heavy atom. The van der Waals surface area contributed by atoms with Crippen LogP contribution < -0.4 is 0 Å². The Morgan fingerprint density at radius 2 is 2.33 bits per heavy atom. The summed E-state index contributed by atoms with van der Waals surface area (Å²) >= 11 is 0. The van der Waals surface area contributed by atoms with Crippen LogP contribution in [0.4, 0.5) is 0 Å². The minimum atomic E-state index is 0.741. The summed E-state index contributed by atoms with van der Waals surface area (Å²) in [5, 5.41) is 0. The van der Waals surface area contributed by atoms with Crippen molar-refractivity contribution in [3.63, 3.8) is 0 Å². The molecule has 1 aliphatic rings. The van der Waals surface area contributed by atoms with Crippen molar-refractivity contribution >= 4 is 0 Å². The molecular weight excluding hydrogens is 110 g/mol. The summed E-state index contributed by atoms with van der Waals surface area (Å²) in [5.41, 5.74) is 0. The van der Waals surface area contributed by atoms with E-state index in [2.05, 4.69) is 31.5 Å². The lowest BCUT2D eigenvalue weighted by molar-refractivity contribution is 0.328. The SMILES string of the molecule is C=CC1CC(C)N(C)C1. The molecule has 0 aromatic heterocycles. The van der Waals surface area contributed by atoms with Gasteiger partial charge in [0.2, 0.25) is 0 Å². The third-order valence-corrected chi connectivity index (χ3v) is 2.25. The van der Waals surface area contributed by atoms with E-state index < -0.39 is 0 Å². The predicted molar refractivity (Wildman–Crippen MR) is 40.4 cm³/mol. The fourth-order valence-corrected chi connectivity index (χ4v) is 1.41. The summed E-state index contributed by atoms with van der Waals surface area (Å²) in [5.74, 6) is 0.741. The quantitative estimate of drug-likeness (QED) is 0.480.